The van der Waals surface area contributed by atoms with Gasteiger partial charge in [0.1, 0.15) is 6.61 Å². The van der Waals surface area contributed by atoms with Gasteiger partial charge in [-0.15, -0.1) is 0 Å². The summed E-state index contributed by atoms with van der Waals surface area (Å²) >= 11 is 0. The molecular formula is C26H23NO2. The number of carbonyl (C=O) groups is 1. The first kappa shape index (κ1) is 18.9. The van der Waals surface area contributed by atoms with E-state index in [1.807, 2.05) is 78.9 Å². The van der Waals surface area contributed by atoms with Crippen molar-refractivity contribution in [1.82, 2.24) is 0 Å². The van der Waals surface area contributed by atoms with Crippen molar-refractivity contribution >= 4 is 11.7 Å². The van der Waals surface area contributed by atoms with Crippen molar-refractivity contribution in [3.8, 4) is 0 Å². The summed E-state index contributed by atoms with van der Waals surface area (Å²) in [7, 11) is 0. The molecule has 1 aliphatic carbocycles. The first-order valence-electron chi connectivity index (χ1n) is 9.87. The maximum absolute atomic E-state index is 12.5. The lowest BCUT2D eigenvalue weighted by atomic mass is 10.0. The zero-order valence-corrected chi connectivity index (χ0v) is 16.1. The highest BCUT2D eigenvalue weighted by atomic mass is 16.5. The Bertz CT molecular complexity index is 953. The molecule has 0 fully saturated rings. The summed E-state index contributed by atoms with van der Waals surface area (Å²) in [6.07, 6.45) is 4.58. The van der Waals surface area contributed by atoms with Crippen molar-refractivity contribution < 1.29 is 9.53 Å². The molecule has 0 saturated carbocycles. The maximum Gasteiger partial charge on any atom is 0.313 e. The van der Waals surface area contributed by atoms with Gasteiger partial charge in [-0.2, -0.15) is 0 Å². The minimum absolute atomic E-state index is 0.0420. The van der Waals surface area contributed by atoms with Crippen LogP contribution in [0.15, 0.2) is 108 Å². The number of aliphatic imine (C=N–C) groups is 1. The van der Waals surface area contributed by atoms with Gasteiger partial charge in [-0.25, -0.2) is 0 Å². The van der Waals surface area contributed by atoms with Gasteiger partial charge in [0.25, 0.3) is 0 Å². The van der Waals surface area contributed by atoms with Crippen LogP contribution in [0.3, 0.4) is 0 Å². The Balaban J connectivity index is 1.46. The lowest BCUT2D eigenvalue weighted by Crippen LogP contribution is -2.17. The largest absolute Gasteiger partial charge is 0.460 e. The Morgan fingerprint density at radius 1 is 0.793 bits per heavy atom. The van der Waals surface area contributed by atoms with E-state index in [0.29, 0.717) is 13.0 Å². The van der Waals surface area contributed by atoms with Gasteiger partial charge in [0, 0.05) is 11.1 Å². The van der Waals surface area contributed by atoms with Crippen molar-refractivity contribution in [3.05, 3.63) is 120 Å². The number of ether oxygens (including phenoxy) is 1. The van der Waals surface area contributed by atoms with E-state index in [1.165, 1.54) is 0 Å². The smallest absolute Gasteiger partial charge is 0.313 e. The van der Waals surface area contributed by atoms with Crippen LogP contribution in [0.1, 0.15) is 23.1 Å². The quantitative estimate of drug-likeness (QED) is 0.334. The number of hydrogen-bond donors (Lipinski definition) is 0. The van der Waals surface area contributed by atoms with Gasteiger partial charge in [-0.3, -0.25) is 9.79 Å². The molecule has 3 aromatic rings. The fraction of sp³-hybridized carbons (Fsp3) is 0.154. The highest BCUT2D eigenvalue weighted by molar-refractivity contribution is 6.13. The first-order valence-corrected chi connectivity index (χ1v) is 9.87. The normalized spacial score (nSPS) is 17.7. The van der Waals surface area contributed by atoms with Crippen LogP contribution >= 0.6 is 0 Å². The summed E-state index contributed by atoms with van der Waals surface area (Å²) in [5.74, 6) is -0.441. The van der Waals surface area contributed by atoms with E-state index in [-0.39, 0.29) is 17.9 Å². The maximum atomic E-state index is 12.5. The van der Waals surface area contributed by atoms with Crippen molar-refractivity contribution in [1.29, 1.82) is 0 Å². The van der Waals surface area contributed by atoms with Crippen molar-refractivity contribution in [3.63, 3.8) is 0 Å². The van der Waals surface area contributed by atoms with E-state index in [1.54, 1.807) is 0 Å². The number of carbonyl (C=O) groups excluding carboxylic acids is 1. The van der Waals surface area contributed by atoms with E-state index < -0.39 is 0 Å². The summed E-state index contributed by atoms with van der Waals surface area (Å²) in [5.41, 5.74) is 4.08. The predicted molar refractivity (Wildman–Crippen MR) is 116 cm³/mol. The zero-order valence-electron chi connectivity index (χ0n) is 16.1. The third-order valence-electron chi connectivity index (χ3n) is 4.98. The van der Waals surface area contributed by atoms with Gasteiger partial charge >= 0.3 is 5.97 Å². The van der Waals surface area contributed by atoms with Gasteiger partial charge in [0.2, 0.25) is 0 Å². The van der Waals surface area contributed by atoms with Gasteiger partial charge in [0.15, 0.2) is 0 Å². The van der Waals surface area contributed by atoms with E-state index in [0.717, 1.165) is 22.4 Å². The van der Waals surface area contributed by atoms with Crippen LogP contribution in [0, 0.1) is 5.92 Å². The molecule has 0 heterocycles. The molecule has 3 nitrogen and oxygen atoms in total. The third kappa shape index (κ3) is 4.88. The van der Waals surface area contributed by atoms with E-state index in [9.17, 15) is 4.79 Å². The second-order valence-electron chi connectivity index (χ2n) is 7.10. The van der Waals surface area contributed by atoms with Gasteiger partial charge in [-0.05, 0) is 12.0 Å². The molecule has 0 aromatic heterocycles. The lowest BCUT2D eigenvalue weighted by molar-refractivity contribution is -0.148. The number of benzene rings is 3. The summed E-state index contributed by atoms with van der Waals surface area (Å²) in [6, 6.07) is 30.0. The summed E-state index contributed by atoms with van der Waals surface area (Å²) < 4.78 is 5.50. The minimum atomic E-state index is -0.250. The highest BCUT2D eigenvalue weighted by Crippen LogP contribution is 2.24. The van der Waals surface area contributed by atoms with Crippen LogP contribution in [-0.2, 0) is 16.1 Å². The van der Waals surface area contributed by atoms with Gasteiger partial charge in [-0.1, -0.05) is 103 Å². The molecule has 4 rings (SSSR count). The molecule has 0 N–H and O–H groups in total. The third-order valence-corrected chi connectivity index (χ3v) is 4.98. The summed E-state index contributed by atoms with van der Waals surface area (Å²) in [5, 5.41) is 0. The fourth-order valence-electron chi connectivity index (χ4n) is 3.46. The van der Waals surface area contributed by atoms with Crippen LogP contribution in [0.25, 0.3) is 0 Å². The lowest BCUT2D eigenvalue weighted by Gasteiger charge is -2.13. The van der Waals surface area contributed by atoms with Gasteiger partial charge < -0.3 is 4.74 Å². The molecule has 0 spiro atoms. The summed E-state index contributed by atoms with van der Waals surface area (Å²) in [4.78, 5) is 17.5. The van der Waals surface area contributed by atoms with Crippen molar-refractivity contribution in [2.75, 3.05) is 0 Å². The molecule has 0 radical (unpaired) electrons. The minimum Gasteiger partial charge on any atom is -0.460 e. The number of esters is 1. The topological polar surface area (TPSA) is 38.7 Å². The van der Waals surface area contributed by atoms with Crippen LogP contribution in [0.4, 0.5) is 0 Å². The number of nitrogens with zero attached hydrogens (tertiary/aromatic N) is 1. The molecule has 0 amide bonds. The average molecular weight is 381 g/mol. The molecular weight excluding hydrogens is 358 g/mol. The molecule has 3 heteroatoms. The molecule has 144 valence electrons. The van der Waals surface area contributed by atoms with Gasteiger partial charge in [0.05, 0.1) is 17.7 Å². The molecule has 0 saturated heterocycles. The molecule has 1 unspecified atom stereocenters. The van der Waals surface area contributed by atoms with E-state index in [2.05, 4.69) is 24.3 Å². The fourth-order valence-corrected chi connectivity index (χ4v) is 3.46. The average Bonchev–Trinajstić information content (AvgIpc) is 3.27. The first-order chi connectivity index (χ1) is 14.3. The standard InChI is InChI=1S/C26H23NO2/c28-26(29-19-20-10-4-1-5-11-20)23-16-17-24(18-23)27-25(21-12-6-2-7-13-21)22-14-8-3-9-15-22/h1-17,23-24H,18-19H2/t23-,24?/m0/s1. The van der Waals surface area contributed by atoms with Crippen LogP contribution in [-0.4, -0.2) is 17.7 Å². The van der Waals surface area contributed by atoms with Crippen molar-refractivity contribution in [2.45, 2.75) is 19.1 Å². The zero-order chi connectivity index (χ0) is 19.9. The predicted octanol–water partition coefficient (Wildman–Crippen LogP) is 5.21. The van der Waals surface area contributed by atoms with Crippen LogP contribution in [0.2, 0.25) is 0 Å². The Morgan fingerprint density at radius 2 is 1.34 bits per heavy atom. The van der Waals surface area contributed by atoms with Crippen molar-refractivity contribution in [2.24, 2.45) is 10.9 Å². The molecule has 0 aliphatic heterocycles. The summed E-state index contributed by atoms with van der Waals surface area (Å²) in [6.45, 7) is 0.303. The molecule has 0 bridgehead atoms. The number of hydrogen-bond acceptors (Lipinski definition) is 3. The van der Waals surface area contributed by atoms with E-state index >= 15 is 0 Å². The molecule has 3 aromatic carbocycles. The monoisotopic (exact) mass is 381 g/mol. The highest BCUT2D eigenvalue weighted by Gasteiger charge is 2.26. The van der Waals surface area contributed by atoms with Crippen LogP contribution in [0.5, 0.6) is 0 Å². The second kappa shape index (κ2) is 9.16. The van der Waals surface area contributed by atoms with E-state index in [4.69, 9.17) is 9.73 Å². The Kier molecular flexibility index (Phi) is 5.96. The molecule has 29 heavy (non-hydrogen) atoms. The Morgan fingerprint density at radius 3 is 1.93 bits per heavy atom. The molecule has 2 atom stereocenters. The van der Waals surface area contributed by atoms with Crippen LogP contribution < -0.4 is 0 Å². The number of rotatable bonds is 6. The molecule has 1 aliphatic rings. The Labute approximate surface area is 171 Å². The second-order valence-corrected chi connectivity index (χ2v) is 7.10. The SMILES string of the molecule is O=C(OCc1ccccc1)[C@H]1C=CC(N=C(c2ccccc2)c2ccccc2)C1. The Hall–Kier alpha value is -3.46.